The zero-order chi connectivity index (χ0) is 19.5. The molecule has 1 atom stereocenters. The smallest absolute Gasteiger partial charge is 0.306 e. The number of hydrogen-bond acceptors (Lipinski definition) is 3. The van der Waals surface area contributed by atoms with E-state index in [9.17, 15) is 15.0 Å². The van der Waals surface area contributed by atoms with Gasteiger partial charge in [-0.2, -0.15) is 0 Å². The number of carbonyl (C=O) groups is 1. The largest absolute Gasteiger partial charge is 0.508 e. The molecule has 1 aromatic rings. The first kappa shape index (κ1) is 21.3. The first-order chi connectivity index (χ1) is 12.4. The molecule has 0 aliphatic rings. The van der Waals surface area contributed by atoms with Crippen molar-refractivity contribution in [1.29, 1.82) is 0 Å². The molecule has 0 aliphatic carbocycles. The summed E-state index contributed by atoms with van der Waals surface area (Å²) in [5, 5.41) is 29.6. The molecule has 4 heteroatoms. The Balaban J connectivity index is 2.83. The molecule has 0 aromatic heterocycles. The van der Waals surface area contributed by atoms with E-state index >= 15 is 0 Å². The van der Waals surface area contributed by atoms with Crippen molar-refractivity contribution in [1.82, 2.24) is 0 Å². The summed E-state index contributed by atoms with van der Waals surface area (Å²) in [4.78, 5) is 10.7. The van der Waals surface area contributed by atoms with Gasteiger partial charge < -0.3 is 15.3 Å². The predicted octanol–water partition coefficient (Wildman–Crippen LogP) is 5.02. The van der Waals surface area contributed by atoms with Gasteiger partial charge >= 0.3 is 5.97 Å². The lowest BCUT2D eigenvalue weighted by Gasteiger charge is -2.13. The summed E-state index contributed by atoms with van der Waals surface area (Å²) in [6, 6.07) is 1.57. The van der Waals surface area contributed by atoms with Crippen LogP contribution in [0.25, 0.3) is 6.08 Å². The number of phenolic OH excluding ortho intramolecular Hbond substituents is 2. The number of benzene rings is 1. The molecule has 0 saturated carbocycles. The zero-order valence-electron chi connectivity index (χ0n) is 15.3. The van der Waals surface area contributed by atoms with Crippen molar-refractivity contribution in [3.8, 4) is 11.5 Å². The van der Waals surface area contributed by atoms with E-state index in [-0.39, 0.29) is 17.4 Å². The van der Waals surface area contributed by atoms with Crippen molar-refractivity contribution in [2.45, 2.75) is 39.0 Å². The normalized spacial score (nSPS) is 12.5. The van der Waals surface area contributed by atoms with Crippen molar-refractivity contribution in [2.75, 3.05) is 0 Å². The minimum Gasteiger partial charge on any atom is -0.508 e. The molecule has 0 heterocycles. The molecule has 0 bridgehead atoms. The molecule has 0 spiro atoms. The Hall–Kier alpha value is -2.75. The van der Waals surface area contributed by atoms with Crippen LogP contribution in [0.4, 0.5) is 0 Å². The maximum atomic E-state index is 10.7. The maximum Gasteiger partial charge on any atom is 0.306 e. The molecule has 26 heavy (non-hydrogen) atoms. The number of rotatable bonds is 11. The third-order valence-corrected chi connectivity index (χ3v) is 4.13. The molecule has 3 N–H and O–H groups in total. The number of aromatic hydroxyl groups is 2. The summed E-state index contributed by atoms with van der Waals surface area (Å²) < 4.78 is 0. The van der Waals surface area contributed by atoms with Gasteiger partial charge in [-0.15, -0.1) is 13.2 Å². The maximum absolute atomic E-state index is 10.7. The van der Waals surface area contributed by atoms with Crippen molar-refractivity contribution in [2.24, 2.45) is 5.92 Å². The summed E-state index contributed by atoms with van der Waals surface area (Å²) >= 11 is 0. The molecule has 1 rings (SSSR count). The van der Waals surface area contributed by atoms with Gasteiger partial charge in [-0.25, -0.2) is 0 Å². The van der Waals surface area contributed by atoms with Gasteiger partial charge in [-0.3, -0.25) is 4.79 Å². The van der Waals surface area contributed by atoms with Gasteiger partial charge in [0.15, 0.2) is 0 Å². The molecular formula is C22H28O4. The topological polar surface area (TPSA) is 77.8 Å². The molecule has 140 valence electrons. The van der Waals surface area contributed by atoms with E-state index in [2.05, 4.69) is 13.2 Å². The van der Waals surface area contributed by atoms with E-state index in [4.69, 9.17) is 5.11 Å². The van der Waals surface area contributed by atoms with Crippen LogP contribution < -0.4 is 0 Å². The van der Waals surface area contributed by atoms with E-state index in [1.54, 1.807) is 31.2 Å². The highest BCUT2D eigenvalue weighted by molar-refractivity contribution is 5.69. The second kappa shape index (κ2) is 11.0. The number of carboxylic acids is 1. The van der Waals surface area contributed by atoms with Crippen LogP contribution in [0.5, 0.6) is 11.5 Å². The summed E-state index contributed by atoms with van der Waals surface area (Å²) in [6.07, 6.45) is 13.9. The van der Waals surface area contributed by atoms with Crippen LogP contribution in [0.3, 0.4) is 0 Å². The molecule has 0 radical (unpaired) electrons. The average Bonchev–Trinajstić information content (AvgIpc) is 2.60. The molecule has 4 nitrogen and oxygen atoms in total. The third kappa shape index (κ3) is 6.28. The first-order valence-electron chi connectivity index (χ1n) is 8.75. The first-order valence-corrected chi connectivity index (χ1v) is 8.75. The summed E-state index contributed by atoms with van der Waals surface area (Å²) in [5.41, 5.74) is 1.86. The molecular weight excluding hydrogens is 328 g/mol. The minimum absolute atomic E-state index is 0.136. The van der Waals surface area contributed by atoms with Gasteiger partial charge in [-0.1, -0.05) is 43.4 Å². The highest BCUT2D eigenvalue weighted by Crippen LogP contribution is 2.35. The molecule has 0 saturated heterocycles. The number of hydrogen-bond donors (Lipinski definition) is 3. The van der Waals surface area contributed by atoms with Crippen LogP contribution in [-0.4, -0.2) is 21.3 Å². The number of phenols is 2. The van der Waals surface area contributed by atoms with Gasteiger partial charge in [0.05, 0.1) is 5.92 Å². The van der Waals surface area contributed by atoms with Crippen LogP contribution in [-0.2, 0) is 17.6 Å². The van der Waals surface area contributed by atoms with Crippen molar-refractivity contribution >= 4 is 12.0 Å². The molecule has 0 amide bonds. The van der Waals surface area contributed by atoms with Gasteiger partial charge in [0.25, 0.3) is 0 Å². The average molecular weight is 356 g/mol. The number of aliphatic carboxylic acids is 1. The van der Waals surface area contributed by atoms with Crippen molar-refractivity contribution in [3.05, 3.63) is 66.3 Å². The van der Waals surface area contributed by atoms with Crippen molar-refractivity contribution in [3.63, 3.8) is 0 Å². The Kier molecular flexibility index (Phi) is 8.99. The number of allylic oxidation sites excluding steroid dienone is 5. The Labute approximate surface area is 155 Å². The second-order valence-electron chi connectivity index (χ2n) is 6.21. The second-order valence-corrected chi connectivity index (χ2v) is 6.21. The Morgan fingerprint density at radius 2 is 1.85 bits per heavy atom. The van der Waals surface area contributed by atoms with Crippen molar-refractivity contribution < 1.29 is 20.1 Å². The van der Waals surface area contributed by atoms with Crippen LogP contribution >= 0.6 is 0 Å². The Morgan fingerprint density at radius 1 is 1.15 bits per heavy atom. The highest BCUT2D eigenvalue weighted by Gasteiger charge is 2.14. The van der Waals surface area contributed by atoms with Crippen LogP contribution in [0.1, 0.15) is 42.9 Å². The highest BCUT2D eigenvalue weighted by atomic mass is 16.4. The minimum atomic E-state index is -0.775. The Bertz CT molecular complexity index is 699. The Morgan fingerprint density at radius 3 is 2.46 bits per heavy atom. The van der Waals surface area contributed by atoms with Crippen LogP contribution in [0.15, 0.2) is 49.6 Å². The van der Waals surface area contributed by atoms with E-state index in [0.29, 0.717) is 48.8 Å². The summed E-state index contributed by atoms with van der Waals surface area (Å²) in [5.74, 6) is -0.834. The quantitative estimate of drug-likeness (QED) is 0.384. The molecule has 0 aliphatic heterocycles. The standard InChI is InChI=1S/C22H28O4/c1-4-11-17-15-20(23)18(12-5-2)19(21(17)24)14-10-8-6-7-9-13-16(3)22(25)26/h4-7,10,14-16,23-24H,1-2,8-9,11-13H2,3H3,(H,25,26)/b7-6+,14-10+. The van der Waals surface area contributed by atoms with Gasteiger partial charge in [0.2, 0.25) is 0 Å². The lowest BCUT2D eigenvalue weighted by Crippen LogP contribution is -2.08. The van der Waals surface area contributed by atoms with E-state index in [0.717, 1.165) is 0 Å². The SMILES string of the molecule is C=CCc1cc(O)c(CC=C)c(/C=C/C/C=C/CCC(C)C(=O)O)c1O. The van der Waals surface area contributed by atoms with Crippen LogP contribution in [0.2, 0.25) is 0 Å². The zero-order valence-corrected chi connectivity index (χ0v) is 15.3. The van der Waals surface area contributed by atoms with Crippen LogP contribution in [0, 0.1) is 5.92 Å². The van der Waals surface area contributed by atoms with E-state index in [1.165, 1.54) is 0 Å². The van der Waals surface area contributed by atoms with E-state index < -0.39 is 5.97 Å². The fourth-order valence-electron chi connectivity index (χ4n) is 2.57. The monoisotopic (exact) mass is 356 g/mol. The fourth-order valence-corrected chi connectivity index (χ4v) is 2.57. The summed E-state index contributed by atoms with van der Waals surface area (Å²) in [7, 11) is 0. The van der Waals surface area contributed by atoms with Gasteiger partial charge in [0, 0.05) is 16.7 Å². The molecule has 1 unspecified atom stereocenters. The lowest BCUT2D eigenvalue weighted by molar-refractivity contribution is -0.141. The third-order valence-electron chi connectivity index (χ3n) is 4.13. The van der Waals surface area contributed by atoms with Gasteiger partial charge in [0.1, 0.15) is 11.5 Å². The number of carboxylic acid groups (broad SMARTS) is 1. The summed E-state index contributed by atoms with van der Waals surface area (Å²) in [6.45, 7) is 9.06. The molecule has 0 fully saturated rings. The fraction of sp³-hybridized carbons (Fsp3) is 0.318. The van der Waals surface area contributed by atoms with Gasteiger partial charge in [-0.05, 0) is 38.2 Å². The lowest BCUT2D eigenvalue weighted by atomic mass is 9.96. The predicted molar refractivity (Wildman–Crippen MR) is 106 cm³/mol. The molecule has 1 aromatic carbocycles. The van der Waals surface area contributed by atoms with E-state index in [1.807, 2.05) is 18.2 Å².